The van der Waals surface area contributed by atoms with Crippen LogP contribution in [-0.4, -0.2) is 27.4 Å². The Kier molecular flexibility index (Phi) is 6.73. The second-order valence-electron chi connectivity index (χ2n) is 8.90. The number of carbonyl (C=O) groups is 2. The fourth-order valence-electron chi connectivity index (χ4n) is 5.13. The molecule has 0 bridgehead atoms. The van der Waals surface area contributed by atoms with Gasteiger partial charge in [0.05, 0.1) is 6.04 Å². The van der Waals surface area contributed by atoms with E-state index >= 15 is 0 Å². The van der Waals surface area contributed by atoms with Crippen LogP contribution in [0.15, 0.2) is 47.5 Å². The molecule has 32 heavy (non-hydrogen) atoms. The summed E-state index contributed by atoms with van der Waals surface area (Å²) in [6.45, 7) is 4.10. The molecule has 1 heterocycles. The van der Waals surface area contributed by atoms with Crippen LogP contribution in [0.1, 0.15) is 85.0 Å². The quantitative estimate of drug-likeness (QED) is 0.432. The third kappa shape index (κ3) is 4.35. The van der Waals surface area contributed by atoms with Gasteiger partial charge in [-0.05, 0) is 92.1 Å². The van der Waals surface area contributed by atoms with Crippen molar-refractivity contribution < 1.29 is 9.59 Å². The first-order valence-corrected chi connectivity index (χ1v) is 12.1. The van der Waals surface area contributed by atoms with Crippen LogP contribution in [0.5, 0.6) is 0 Å². The molecule has 1 aliphatic carbocycles. The van der Waals surface area contributed by atoms with E-state index in [2.05, 4.69) is 6.92 Å². The third-order valence-corrected chi connectivity index (χ3v) is 6.99. The van der Waals surface area contributed by atoms with Gasteiger partial charge >= 0.3 is 0 Å². The van der Waals surface area contributed by atoms with E-state index in [4.69, 9.17) is 28.2 Å². The lowest BCUT2D eigenvalue weighted by atomic mass is 9.86. The lowest BCUT2D eigenvalue weighted by molar-refractivity contribution is -0.132. The van der Waals surface area contributed by atoms with Gasteiger partial charge in [0.25, 0.3) is 11.1 Å². The minimum absolute atomic E-state index is 0.0375. The molecule has 2 aromatic rings. The van der Waals surface area contributed by atoms with Gasteiger partial charge in [0, 0.05) is 16.1 Å². The number of hydrogen-bond donors (Lipinski definition) is 0. The van der Waals surface area contributed by atoms with Gasteiger partial charge in [-0.15, -0.1) is 0 Å². The van der Waals surface area contributed by atoms with Crippen molar-refractivity contribution in [1.29, 1.82) is 0 Å². The fourth-order valence-corrected chi connectivity index (χ4v) is 5.55. The van der Waals surface area contributed by atoms with Crippen molar-refractivity contribution in [2.24, 2.45) is 4.99 Å². The number of carbonyl (C=O) groups excluding carboxylic acids is 2. The Morgan fingerprint density at radius 2 is 1.81 bits per heavy atom. The van der Waals surface area contributed by atoms with Gasteiger partial charge in [0.1, 0.15) is 11.4 Å². The third-order valence-electron chi connectivity index (χ3n) is 6.56. The number of aryl methyl sites for hydroxylation is 1. The molecule has 1 amide bonds. The molecule has 2 aliphatic rings. The summed E-state index contributed by atoms with van der Waals surface area (Å²) in [7, 11) is 0. The standard InChI is InChI=1S/C26H28Cl2N2O2/c1-3-7-22(18-8-10-19(11-9-18)24(28)31)30-25(32)23(20-14-17(2)15-21(27)16-20)29-26(30)12-5-4-6-13-26/h8-11,14-16,22H,3-7,12-13H2,1-2H3. The lowest BCUT2D eigenvalue weighted by Crippen LogP contribution is -2.50. The molecule has 4 rings (SSSR count). The second-order valence-corrected chi connectivity index (χ2v) is 9.68. The summed E-state index contributed by atoms with van der Waals surface area (Å²) in [4.78, 5) is 32.6. The van der Waals surface area contributed by atoms with Crippen molar-refractivity contribution in [2.45, 2.75) is 70.5 Å². The Labute approximate surface area is 199 Å². The van der Waals surface area contributed by atoms with E-state index in [0.29, 0.717) is 16.3 Å². The smallest absolute Gasteiger partial charge is 0.275 e. The molecule has 1 saturated carbocycles. The highest BCUT2D eigenvalue weighted by Gasteiger charge is 2.50. The Morgan fingerprint density at radius 3 is 2.41 bits per heavy atom. The highest BCUT2D eigenvalue weighted by Crippen LogP contribution is 2.45. The van der Waals surface area contributed by atoms with Gasteiger partial charge in [0.15, 0.2) is 0 Å². The maximum Gasteiger partial charge on any atom is 0.275 e. The molecule has 168 valence electrons. The molecule has 2 aromatic carbocycles. The minimum Gasteiger partial charge on any atom is -0.305 e. The Hall–Kier alpha value is -2.17. The summed E-state index contributed by atoms with van der Waals surface area (Å²) in [5, 5.41) is 0.129. The highest BCUT2D eigenvalue weighted by atomic mass is 35.5. The summed E-state index contributed by atoms with van der Waals surface area (Å²) in [6, 6.07) is 12.9. The summed E-state index contributed by atoms with van der Waals surface area (Å²) >= 11 is 12.0. The fraction of sp³-hybridized carbons (Fsp3) is 0.423. The zero-order chi connectivity index (χ0) is 22.9. The monoisotopic (exact) mass is 470 g/mol. The summed E-state index contributed by atoms with van der Waals surface area (Å²) in [5.41, 5.74) is 3.23. The normalized spacial score (nSPS) is 18.7. The molecule has 1 aliphatic heterocycles. The molecular weight excluding hydrogens is 443 g/mol. The summed E-state index contributed by atoms with van der Waals surface area (Å²) < 4.78 is 0. The molecule has 0 radical (unpaired) electrons. The van der Waals surface area contributed by atoms with Crippen LogP contribution in [0.4, 0.5) is 0 Å². The maximum atomic E-state index is 13.9. The average Bonchev–Trinajstić information content (AvgIpc) is 3.03. The first-order chi connectivity index (χ1) is 15.3. The predicted molar refractivity (Wildman–Crippen MR) is 130 cm³/mol. The summed E-state index contributed by atoms with van der Waals surface area (Å²) in [6.07, 6.45) is 6.73. The van der Waals surface area contributed by atoms with E-state index in [0.717, 1.165) is 61.6 Å². The van der Waals surface area contributed by atoms with Crippen LogP contribution in [0.2, 0.25) is 5.02 Å². The number of rotatable bonds is 6. The van der Waals surface area contributed by atoms with Crippen molar-refractivity contribution in [1.82, 2.24) is 4.90 Å². The van der Waals surface area contributed by atoms with Crippen molar-refractivity contribution in [3.05, 3.63) is 69.7 Å². The van der Waals surface area contributed by atoms with Crippen LogP contribution in [0, 0.1) is 6.92 Å². The molecule has 1 fully saturated rings. The number of benzene rings is 2. The van der Waals surface area contributed by atoms with Crippen LogP contribution in [0.3, 0.4) is 0 Å². The van der Waals surface area contributed by atoms with Crippen molar-refractivity contribution >= 4 is 40.1 Å². The van der Waals surface area contributed by atoms with Crippen LogP contribution in [-0.2, 0) is 4.79 Å². The van der Waals surface area contributed by atoms with Crippen molar-refractivity contribution in [2.75, 3.05) is 0 Å². The number of amides is 1. The van der Waals surface area contributed by atoms with Gasteiger partial charge in [-0.25, -0.2) is 0 Å². The lowest BCUT2D eigenvalue weighted by Gasteiger charge is -2.44. The Morgan fingerprint density at radius 1 is 1.12 bits per heavy atom. The van der Waals surface area contributed by atoms with Gasteiger partial charge in [-0.3, -0.25) is 14.6 Å². The second kappa shape index (κ2) is 9.36. The summed E-state index contributed by atoms with van der Waals surface area (Å²) in [5.74, 6) is -0.0375. The van der Waals surface area contributed by atoms with E-state index in [1.54, 1.807) is 12.1 Å². The van der Waals surface area contributed by atoms with E-state index in [1.807, 2.05) is 42.2 Å². The van der Waals surface area contributed by atoms with Gasteiger partial charge in [0.2, 0.25) is 0 Å². The minimum atomic E-state index is -0.526. The van der Waals surface area contributed by atoms with Gasteiger partial charge in [-0.1, -0.05) is 43.5 Å². The van der Waals surface area contributed by atoms with Crippen LogP contribution in [0.25, 0.3) is 0 Å². The maximum absolute atomic E-state index is 13.9. The van der Waals surface area contributed by atoms with Crippen LogP contribution >= 0.6 is 23.2 Å². The molecule has 1 unspecified atom stereocenters. The highest BCUT2D eigenvalue weighted by molar-refractivity contribution is 6.67. The molecule has 4 nitrogen and oxygen atoms in total. The Balaban J connectivity index is 1.79. The van der Waals surface area contributed by atoms with E-state index < -0.39 is 10.9 Å². The predicted octanol–water partition coefficient (Wildman–Crippen LogP) is 6.86. The molecule has 1 spiro atoms. The molecule has 1 atom stereocenters. The molecule has 0 N–H and O–H groups in total. The topological polar surface area (TPSA) is 49.7 Å². The average molecular weight is 471 g/mol. The van der Waals surface area contributed by atoms with Gasteiger partial charge < -0.3 is 4.90 Å². The molecular formula is C26H28Cl2N2O2. The number of aliphatic imine (C=N–C) groups is 1. The molecule has 6 heteroatoms. The van der Waals surface area contributed by atoms with Crippen LogP contribution < -0.4 is 0 Å². The molecule has 0 aromatic heterocycles. The SMILES string of the molecule is CCCC(c1ccc(C(=O)Cl)cc1)N1C(=O)C(c2cc(C)cc(Cl)c2)=NC12CCCCC2. The number of halogens is 2. The molecule has 0 saturated heterocycles. The van der Waals surface area contributed by atoms with Gasteiger partial charge in [-0.2, -0.15) is 0 Å². The zero-order valence-corrected chi connectivity index (χ0v) is 20.0. The number of hydrogen-bond acceptors (Lipinski definition) is 3. The first kappa shape index (κ1) is 23.0. The van der Waals surface area contributed by atoms with E-state index in [9.17, 15) is 9.59 Å². The first-order valence-electron chi connectivity index (χ1n) is 11.4. The van der Waals surface area contributed by atoms with Crippen molar-refractivity contribution in [3.8, 4) is 0 Å². The van der Waals surface area contributed by atoms with E-state index in [-0.39, 0.29) is 11.9 Å². The largest absolute Gasteiger partial charge is 0.305 e. The Bertz CT molecular complexity index is 1040. The number of nitrogens with zero attached hydrogens (tertiary/aromatic N) is 2. The van der Waals surface area contributed by atoms with Crippen molar-refractivity contribution in [3.63, 3.8) is 0 Å². The van der Waals surface area contributed by atoms with E-state index in [1.165, 1.54) is 0 Å². The zero-order valence-electron chi connectivity index (χ0n) is 18.5.